The Balaban J connectivity index is 2.53. The van der Waals surface area contributed by atoms with Gasteiger partial charge < -0.3 is 0 Å². The third-order valence-corrected chi connectivity index (χ3v) is 3.37. The number of aldehydes is 1. The molecule has 2 aromatic rings. The smallest absolute Gasteiger partial charge is 0.169 e. The molecule has 3 heteroatoms. The molecule has 0 N–H and O–H groups in total. The molecule has 0 spiro atoms. The Bertz CT molecular complexity index is 502. The molecule has 15 heavy (non-hydrogen) atoms. The summed E-state index contributed by atoms with van der Waals surface area (Å²) in [5, 5.41) is 2.70. The molecule has 0 saturated carbocycles. The minimum Gasteiger partial charge on any atom is -0.296 e. The highest BCUT2D eigenvalue weighted by Crippen LogP contribution is 2.27. The molecule has 0 saturated heterocycles. The number of thiazole rings is 1. The van der Waals surface area contributed by atoms with Crippen LogP contribution in [0, 0.1) is 13.8 Å². The van der Waals surface area contributed by atoms with E-state index in [4.69, 9.17) is 0 Å². The minimum absolute atomic E-state index is 0.510. The molecule has 1 aromatic heterocycles. The summed E-state index contributed by atoms with van der Waals surface area (Å²) < 4.78 is 0. The van der Waals surface area contributed by atoms with Crippen molar-refractivity contribution in [1.29, 1.82) is 0 Å². The monoisotopic (exact) mass is 217 g/mol. The van der Waals surface area contributed by atoms with Gasteiger partial charge >= 0.3 is 0 Å². The second-order valence-corrected chi connectivity index (χ2v) is 4.30. The number of hydrogen-bond donors (Lipinski definition) is 0. The van der Waals surface area contributed by atoms with Gasteiger partial charge in [0.1, 0.15) is 10.7 Å². The van der Waals surface area contributed by atoms with Crippen molar-refractivity contribution in [1.82, 2.24) is 4.98 Å². The largest absolute Gasteiger partial charge is 0.296 e. The lowest BCUT2D eigenvalue weighted by molar-refractivity contribution is 0.111. The molecule has 1 aromatic carbocycles. The fourth-order valence-electron chi connectivity index (χ4n) is 1.45. The van der Waals surface area contributed by atoms with Crippen LogP contribution in [0.15, 0.2) is 23.6 Å². The van der Waals surface area contributed by atoms with E-state index in [0.29, 0.717) is 5.69 Å². The van der Waals surface area contributed by atoms with Gasteiger partial charge in [0.15, 0.2) is 6.29 Å². The van der Waals surface area contributed by atoms with E-state index >= 15 is 0 Å². The van der Waals surface area contributed by atoms with Gasteiger partial charge in [-0.1, -0.05) is 18.2 Å². The Morgan fingerprint density at radius 2 is 2.13 bits per heavy atom. The van der Waals surface area contributed by atoms with Gasteiger partial charge in [-0.25, -0.2) is 4.98 Å². The van der Waals surface area contributed by atoms with Crippen LogP contribution in [0.25, 0.3) is 10.6 Å². The number of hydrogen-bond acceptors (Lipinski definition) is 3. The van der Waals surface area contributed by atoms with Crippen LogP contribution in [0.1, 0.15) is 21.6 Å². The van der Waals surface area contributed by atoms with Crippen molar-refractivity contribution in [2.45, 2.75) is 13.8 Å². The van der Waals surface area contributed by atoms with Gasteiger partial charge in [-0.05, 0) is 25.0 Å². The highest BCUT2D eigenvalue weighted by molar-refractivity contribution is 7.13. The van der Waals surface area contributed by atoms with Gasteiger partial charge in [-0.2, -0.15) is 0 Å². The van der Waals surface area contributed by atoms with Crippen molar-refractivity contribution < 1.29 is 4.79 Å². The summed E-state index contributed by atoms with van der Waals surface area (Å²) in [6.45, 7) is 4.15. The molecule has 0 unspecified atom stereocenters. The van der Waals surface area contributed by atoms with Gasteiger partial charge in [0.25, 0.3) is 0 Å². The van der Waals surface area contributed by atoms with Crippen LogP contribution in [0.5, 0.6) is 0 Å². The van der Waals surface area contributed by atoms with E-state index in [2.05, 4.69) is 24.9 Å². The topological polar surface area (TPSA) is 30.0 Å². The number of carbonyl (C=O) groups is 1. The van der Waals surface area contributed by atoms with Crippen molar-refractivity contribution in [2.75, 3.05) is 0 Å². The SMILES string of the molecule is Cc1cccc(-c2nc(C=O)cs2)c1C. The van der Waals surface area contributed by atoms with Crippen LogP contribution in [-0.2, 0) is 0 Å². The average Bonchev–Trinajstić information content (AvgIpc) is 2.70. The zero-order valence-corrected chi connectivity index (χ0v) is 9.47. The molecule has 2 nitrogen and oxygen atoms in total. The highest BCUT2D eigenvalue weighted by Gasteiger charge is 2.07. The number of nitrogens with zero attached hydrogens (tertiary/aromatic N) is 1. The molecule has 0 amide bonds. The molecule has 0 atom stereocenters. The standard InChI is InChI=1S/C12H11NOS/c1-8-4-3-5-11(9(8)2)12-13-10(6-14)7-15-12/h3-7H,1-2H3. The zero-order valence-electron chi connectivity index (χ0n) is 8.65. The summed E-state index contributed by atoms with van der Waals surface area (Å²) in [5.74, 6) is 0. The lowest BCUT2D eigenvalue weighted by Gasteiger charge is -2.04. The maximum absolute atomic E-state index is 10.5. The van der Waals surface area contributed by atoms with Crippen LogP contribution in [0.2, 0.25) is 0 Å². The van der Waals surface area contributed by atoms with Gasteiger partial charge in [0, 0.05) is 10.9 Å². The normalized spacial score (nSPS) is 10.3. The summed E-state index contributed by atoms with van der Waals surface area (Å²) in [6, 6.07) is 6.13. The summed E-state index contributed by atoms with van der Waals surface area (Å²) in [5.41, 5.74) is 4.10. The van der Waals surface area contributed by atoms with Gasteiger partial charge in [0.05, 0.1) is 0 Å². The summed E-state index contributed by atoms with van der Waals surface area (Å²) >= 11 is 1.51. The second-order valence-electron chi connectivity index (χ2n) is 3.44. The fourth-order valence-corrected chi connectivity index (χ4v) is 2.29. The summed E-state index contributed by atoms with van der Waals surface area (Å²) in [4.78, 5) is 14.8. The number of carbonyl (C=O) groups excluding carboxylic acids is 1. The molecule has 0 aliphatic carbocycles. The van der Waals surface area contributed by atoms with Crippen molar-refractivity contribution in [3.05, 3.63) is 40.4 Å². The molecule has 76 valence electrons. The summed E-state index contributed by atoms with van der Waals surface area (Å²) in [6.07, 6.45) is 0.783. The predicted octanol–water partition coefficient (Wildman–Crippen LogP) is 3.24. The van der Waals surface area contributed by atoms with Crippen LogP contribution in [0.4, 0.5) is 0 Å². The molecular weight excluding hydrogens is 206 g/mol. The number of aryl methyl sites for hydroxylation is 1. The molecule has 0 radical (unpaired) electrons. The first-order chi connectivity index (χ1) is 7.22. The van der Waals surface area contributed by atoms with Crippen molar-refractivity contribution in [3.63, 3.8) is 0 Å². The first-order valence-electron chi connectivity index (χ1n) is 4.69. The van der Waals surface area contributed by atoms with E-state index in [-0.39, 0.29) is 0 Å². The number of benzene rings is 1. The van der Waals surface area contributed by atoms with Crippen LogP contribution in [0.3, 0.4) is 0 Å². The maximum atomic E-state index is 10.5. The Kier molecular flexibility index (Phi) is 2.64. The van der Waals surface area contributed by atoms with E-state index in [1.54, 1.807) is 5.38 Å². The molecule has 2 rings (SSSR count). The van der Waals surface area contributed by atoms with Gasteiger partial charge in [0.2, 0.25) is 0 Å². The summed E-state index contributed by atoms with van der Waals surface area (Å²) in [7, 11) is 0. The van der Waals surface area contributed by atoms with Crippen molar-refractivity contribution >= 4 is 17.6 Å². The molecule has 0 aliphatic heterocycles. The lowest BCUT2D eigenvalue weighted by atomic mass is 10.0. The third kappa shape index (κ3) is 1.83. The number of aromatic nitrogens is 1. The Labute approximate surface area is 92.6 Å². The molecule has 0 bridgehead atoms. The molecule has 0 fully saturated rings. The Hall–Kier alpha value is -1.48. The van der Waals surface area contributed by atoms with Crippen LogP contribution >= 0.6 is 11.3 Å². The van der Waals surface area contributed by atoms with E-state index in [0.717, 1.165) is 16.9 Å². The van der Waals surface area contributed by atoms with E-state index in [1.165, 1.54) is 22.5 Å². The second kappa shape index (κ2) is 3.95. The maximum Gasteiger partial charge on any atom is 0.169 e. The minimum atomic E-state index is 0.510. The first kappa shape index (κ1) is 10.1. The number of rotatable bonds is 2. The van der Waals surface area contributed by atoms with Crippen molar-refractivity contribution in [3.8, 4) is 10.6 Å². The quantitative estimate of drug-likeness (QED) is 0.723. The van der Waals surface area contributed by atoms with E-state index in [9.17, 15) is 4.79 Å². The predicted molar refractivity (Wildman–Crippen MR) is 62.4 cm³/mol. The van der Waals surface area contributed by atoms with E-state index < -0.39 is 0 Å². The van der Waals surface area contributed by atoms with Gasteiger partial charge in [-0.3, -0.25) is 4.79 Å². The molecule has 1 heterocycles. The molecular formula is C12H11NOS. The molecule has 0 aliphatic rings. The third-order valence-electron chi connectivity index (χ3n) is 2.48. The van der Waals surface area contributed by atoms with Crippen LogP contribution in [-0.4, -0.2) is 11.3 Å². The Morgan fingerprint density at radius 3 is 2.80 bits per heavy atom. The lowest BCUT2D eigenvalue weighted by Crippen LogP contribution is -1.87. The van der Waals surface area contributed by atoms with Crippen LogP contribution < -0.4 is 0 Å². The zero-order chi connectivity index (χ0) is 10.8. The Morgan fingerprint density at radius 1 is 1.33 bits per heavy atom. The van der Waals surface area contributed by atoms with Gasteiger partial charge in [-0.15, -0.1) is 11.3 Å². The first-order valence-corrected chi connectivity index (χ1v) is 5.57. The average molecular weight is 217 g/mol. The van der Waals surface area contributed by atoms with E-state index in [1.807, 2.05) is 12.1 Å². The van der Waals surface area contributed by atoms with Crippen molar-refractivity contribution in [2.24, 2.45) is 0 Å². The highest BCUT2D eigenvalue weighted by atomic mass is 32.1. The fraction of sp³-hybridized carbons (Fsp3) is 0.167.